The van der Waals surface area contributed by atoms with E-state index in [1.807, 2.05) is 0 Å². The van der Waals surface area contributed by atoms with E-state index < -0.39 is 12.6 Å². The molecular weight excluding hydrogens is 229 g/mol. The van der Waals surface area contributed by atoms with E-state index in [0.717, 1.165) is 4.68 Å². The van der Waals surface area contributed by atoms with E-state index in [0.29, 0.717) is 0 Å². The van der Waals surface area contributed by atoms with Gasteiger partial charge >= 0.3 is 5.97 Å². The smallest absolute Gasteiger partial charge is 0.357 e. The Hall–Kier alpha value is -2.51. The van der Waals surface area contributed by atoms with Crippen LogP contribution in [0.3, 0.4) is 0 Å². The number of hydrogen-bond acceptors (Lipinski definition) is 5. The molecule has 7 nitrogen and oxygen atoms in total. The third-order valence-corrected chi connectivity index (χ3v) is 2.06. The largest absolute Gasteiger partial charge is 0.476 e. The van der Waals surface area contributed by atoms with Crippen LogP contribution in [-0.2, 0) is 0 Å². The summed E-state index contributed by atoms with van der Waals surface area (Å²) in [6, 6.07) is 0. The monoisotopic (exact) mass is 237 g/mol. The van der Waals surface area contributed by atoms with Gasteiger partial charge in [0.1, 0.15) is 18.8 Å². The standard InChI is InChI=1S/C9H8FN5O2/c10-2-1-3-15-8-5(6(14-15)9(16)17)7(11)12-4-13-8/h1,3-4H,2H2,(H,16,17)(H2,11,12,13). The van der Waals surface area contributed by atoms with Crippen LogP contribution in [0.5, 0.6) is 0 Å². The normalized spacial score (nSPS) is 11.4. The van der Waals surface area contributed by atoms with Crippen LogP contribution in [0.2, 0.25) is 0 Å². The Morgan fingerprint density at radius 2 is 2.35 bits per heavy atom. The number of hydrogen-bond donors (Lipinski definition) is 2. The van der Waals surface area contributed by atoms with Crippen LogP contribution in [0.4, 0.5) is 10.2 Å². The highest BCUT2D eigenvalue weighted by Gasteiger charge is 2.19. The number of carboxylic acids is 1. The minimum Gasteiger partial charge on any atom is -0.476 e. The van der Waals surface area contributed by atoms with E-state index in [9.17, 15) is 9.18 Å². The molecule has 0 aromatic carbocycles. The molecule has 2 aromatic heterocycles. The third-order valence-electron chi connectivity index (χ3n) is 2.06. The maximum atomic E-state index is 12.0. The van der Waals surface area contributed by atoms with Gasteiger partial charge in [-0.3, -0.25) is 0 Å². The van der Waals surface area contributed by atoms with Gasteiger partial charge in [0.15, 0.2) is 11.3 Å². The fraction of sp³-hybridized carbons (Fsp3) is 0.111. The van der Waals surface area contributed by atoms with E-state index in [1.54, 1.807) is 0 Å². The highest BCUT2D eigenvalue weighted by molar-refractivity contribution is 6.04. The number of aromatic nitrogens is 4. The maximum absolute atomic E-state index is 12.0. The van der Waals surface area contributed by atoms with Gasteiger partial charge in [0.25, 0.3) is 0 Å². The van der Waals surface area contributed by atoms with E-state index in [1.165, 1.54) is 18.6 Å². The lowest BCUT2D eigenvalue weighted by atomic mass is 10.3. The number of rotatable bonds is 3. The first kappa shape index (κ1) is 11.0. The van der Waals surface area contributed by atoms with E-state index in [-0.39, 0.29) is 22.5 Å². The molecule has 0 atom stereocenters. The first-order chi connectivity index (χ1) is 8.15. The Balaban J connectivity index is 2.75. The Bertz CT molecular complexity index is 607. The average molecular weight is 237 g/mol. The van der Waals surface area contributed by atoms with E-state index in [4.69, 9.17) is 10.8 Å². The molecule has 0 radical (unpaired) electrons. The molecule has 0 spiro atoms. The van der Waals surface area contributed by atoms with E-state index >= 15 is 0 Å². The van der Waals surface area contributed by atoms with E-state index in [2.05, 4.69) is 15.1 Å². The van der Waals surface area contributed by atoms with Gasteiger partial charge in [-0.05, 0) is 6.08 Å². The number of nitrogen functional groups attached to an aromatic ring is 1. The van der Waals surface area contributed by atoms with Gasteiger partial charge in [-0.2, -0.15) is 5.10 Å². The average Bonchev–Trinajstić information content (AvgIpc) is 2.67. The molecule has 0 aliphatic rings. The Morgan fingerprint density at radius 3 is 3.00 bits per heavy atom. The van der Waals surface area contributed by atoms with Crippen LogP contribution >= 0.6 is 0 Å². The van der Waals surface area contributed by atoms with Crippen LogP contribution < -0.4 is 5.73 Å². The number of alkyl halides is 1. The summed E-state index contributed by atoms with van der Waals surface area (Å²) >= 11 is 0. The van der Waals surface area contributed by atoms with Crippen molar-refractivity contribution in [3.05, 3.63) is 18.1 Å². The molecule has 0 unspecified atom stereocenters. The second-order valence-electron chi connectivity index (χ2n) is 3.09. The molecule has 0 aliphatic carbocycles. The highest BCUT2D eigenvalue weighted by Crippen LogP contribution is 2.21. The molecule has 0 saturated carbocycles. The molecule has 88 valence electrons. The van der Waals surface area contributed by atoms with Crippen LogP contribution in [0.15, 0.2) is 12.4 Å². The van der Waals surface area contributed by atoms with Gasteiger partial charge < -0.3 is 10.8 Å². The predicted molar refractivity (Wildman–Crippen MR) is 58.0 cm³/mol. The number of allylic oxidation sites excluding steroid dienone is 1. The summed E-state index contributed by atoms with van der Waals surface area (Å²) < 4.78 is 13.2. The second-order valence-corrected chi connectivity index (χ2v) is 3.09. The maximum Gasteiger partial charge on any atom is 0.357 e. The number of halogens is 1. The van der Waals surface area contributed by atoms with Gasteiger partial charge in [0.2, 0.25) is 0 Å². The molecule has 0 saturated heterocycles. The molecule has 2 aromatic rings. The number of nitrogens with zero attached hydrogens (tertiary/aromatic N) is 4. The lowest BCUT2D eigenvalue weighted by Gasteiger charge is -1.95. The van der Waals surface area contributed by atoms with Gasteiger partial charge in [-0.15, -0.1) is 0 Å². The molecule has 2 rings (SSSR count). The zero-order valence-electron chi connectivity index (χ0n) is 8.54. The van der Waals surface area contributed by atoms with Gasteiger partial charge in [-0.25, -0.2) is 23.8 Å². The highest BCUT2D eigenvalue weighted by atomic mass is 19.1. The number of carboxylic acid groups (broad SMARTS) is 1. The van der Waals surface area contributed by atoms with Crippen molar-refractivity contribution in [1.82, 2.24) is 19.7 Å². The summed E-state index contributed by atoms with van der Waals surface area (Å²) in [6.07, 6.45) is 3.64. The molecule has 3 N–H and O–H groups in total. The molecule has 0 bridgehead atoms. The summed E-state index contributed by atoms with van der Waals surface area (Å²) in [5, 5.41) is 12.9. The van der Waals surface area contributed by atoms with Gasteiger partial charge in [0, 0.05) is 6.20 Å². The molecule has 0 amide bonds. The van der Waals surface area contributed by atoms with Crippen LogP contribution in [0, 0.1) is 0 Å². The van der Waals surface area contributed by atoms with Crippen LogP contribution in [-0.4, -0.2) is 37.5 Å². The number of carbonyl (C=O) groups is 1. The number of nitrogens with two attached hydrogens (primary N) is 1. The molecular formula is C9H8FN5O2. The van der Waals surface area contributed by atoms with Gasteiger partial charge in [0.05, 0.1) is 5.39 Å². The Kier molecular flexibility index (Phi) is 2.69. The zero-order valence-corrected chi connectivity index (χ0v) is 8.54. The Morgan fingerprint density at radius 1 is 1.59 bits per heavy atom. The van der Waals surface area contributed by atoms with Crippen molar-refractivity contribution in [1.29, 1.82) is 0 Å². The number of fused-ring (bicyclic) bond motifs is 1. The fourth-order valence-corrected chi connectivity index (χ4v) is 1.39. The van der Waals surface area contributed by atoms with Crippen molar-refractivity contribution in [3.8, 4) is 0 Å². The summed E-state index contributed by atoms with van der Waals surface area (Å²) in [5.74, 6) is -1.23. The van der Waals surface area contributed by atoms with Crippen molar-refractivity contribution in [2.75, 3.05) is 12.4 Å². The van der Waals surface area contributed by atoms with Crippen molar-refractivity contribution in [3.63, 3.8) is 0 Å². The molecule has 0 fully saturated rings. The van der Waals surface area contributed by atoms with Gasteiger partial charge in [-0.1, -0.05) is 0 Å². The zero-order chi connectivity index (χ0) is 12.4. The van der Waals surface area contributed by atoms with Crippen molar-refractivity contribution >= 4 is 29.0 Å². The summed E-state index contributed by atoms with van der Waals surface area (Å²) in [6.45, 7) is -0.690. The topological polar surface area (TPSA) is 107 Å². The van der Waals surface area contributed by atoms with Crippen LogP contribution in [0.25, 0.3) is 17.2 Å². The van der Waals surface area contributed by atoms with Crippen molar-refractivity contribution in [2.45, 2.75) is 0 Å². The quantitative estimate of drug-likeness (QED) is 0.807. The van der Waals surface area contributed by atoms with Crippen LogP contribution in [0.1, 0.15) is 10.5 Å². The lowest BCUT2D eigenvalue weighted by Crippen LogP contribution is -2.00. The minimum atomic E-state index is -1.25. The summed E-state index contributed by atoms with van der Waals surface area (Å²) in [4.78, 5) is 18.5. The third kappa shape index (κ3) is 1.80. The minimum absolute atomic E-state index is 0.0206. The lowest BCUT2D eigenvalue weighted by molar-refractivity contribution is 0.0692. The first-order valence-electron chi connectivity index (χ1n) is 4.59. The van der Waals surface area contributed by atoms with Crippen molar-refractivity contribution < 1.29 is 14.3 Å². The SMILES string of the molecule is Nc1ncnc2c1c(C(=O)O)nn2C=CCF. The molecule has 0 aliphatic heterocycles. The molecule has 17 heavy (non-hydrogen) atoms. The predicted octanol–water partition coefficient (Wildman–Crippen LogP) is 0.547. The van der Waals surface area contributed by atoms with Crippen molar-refractivity contribution in [2.24, 2.45) is 0 Å². The first-order valence-corrected chi connectivity index (χ1v) is 4.59. The summed E-state index contributed by atoms with van der Waals surface area (Å²) in [5.41, 5.74) is 5.53. The molecule has 8 heteroatoms. The second kappa shape index (κ2) is 4.16. The number of aromatic carboxylic acids is 1. The number of anilines is 1. The molecule has 2 heterocycles. The fourth-order valence-electron chi connectivity index (χ4n) is 1.39. The summed E-state index contributed by atoms with van der Waals surface area (Å²) in [7, 11) is 0. The Labute approximate surface area is 94.4 Å².